The molecule has 0 saturated heterocycles. The predicted octanol–water partition coefficient (Wildman–Crippen LogP) is 3.37. The van der Waals surface area contributed by atoms with Gasteiger partial charge >= 0.3 is 0 Å². The summed E-state index contributed by atoms with van der Waals surface area (Å²) in [5, 5.41) is 5.75. The van der Waals surface area contributed by atoms with E-state index in [2.05, 4.69) is 29.5 Å². The van der Waals surface area contributed by atoms with Crippen molar-refractivity contribution in [3.63, 3.8) is 0 Å². The average Bonchev–Trinajstić information content (AvgIpc) is 2.85. The maximum Gasteiger partial charge on any atom is 0.0795 e. The summed E-state index contributed by atoms with van der Waals surface area (Å²) < 4.78 is 0. The van der Waals surface area contributed by atoms with Crippen LogP contribution in [0.3, 0.4) is 0 Å². The van der Waals surface area contributed by atoms with Gasteiger partial charge in [0.2, 0.25) is 0 Å². The number of thiazole rings is 1. The van der Waals surface area contributed by atoms with Crippen molar-refractivity contribution >= 4 is 11.3 Å². The highest BCUT2D eigenvalue weighted by atomic mass is 32.1. The van der Waals surface area contributed by atoms with E-state index in [0.29, 0.717) is 11.5 Å². The van der Waals surface area contributed by atoms with Gasteiger partial charge in [0, 0.05) is 18.0 Å². The minimum Gasteiger partial charge on any atom is -0.308 e. The summed E-state index contributed by atoms with van der Waals surface area (Å²) in [5.41, 5.74) is 3.62. The summed E-state index contributed by atoms with van der Waals surface area (Å²) in [6.07, 6.45) is 5.57. The quantitative estimate of drug-likeness (QED) is 0.848. The first-order valence-electron chi connectivity index (χ1n) is 5.81. The first-order chi connectivity index (χ1) is 7.20. The van der Waals surface area contributed by atoms with E-state index in [1.54, 1.807) is 11.3 Å². The fourth-order valence-electron chi connectivity index (χ4n) is 2.35. The van der Waals surface area contributed by atoms with Crippen molar-refractivity contribution in [1.82, 2.24) is 10.3 Å². The number of rotatable bonds is 4. The molecule has 0 amide bonds. The number of nitrogens with one attached hydrogen (secondary N) is 1. The molecule has 1 aromatic rings. The largest absolute Gasteiger partial charge is 0.308 e. The Morgan fingerprint density at radius 3 is 2.87 bits per heavy atom. The molecule has 0 radical (unpaired) electrons. The van der Waals surface area contributed by atoms with E-state index in [9.17, 15) is 0 Å². The first-order valence-corrected chi connectivity index (χ1v) is 6.75. The molecule has 84 valence electrons. The summed E-state index contributed by atoms with van der Waals surface area (Å²) in [6, 6.07) is 0.397. The van der Waals surface area contributed by atoms with Crippen molar-refractivity contribution in [3.8, 4) is 0 Å². The molecule has 2 rings (SSSR count). The van der Waals surface area contributed by atoms with Crippen molar-refractivity contribution in [1.29, 1.82) is 0 Å². The molecule has 0 aliphatic heterocycles. The van der Waals surface area contributed by atoms with Crippen LogP contribution in [0.5, 0.6) is 0 Å². The lowest BCUT2D eigenvalue weighted by atomic mass is 9.88. The van der Waals surface area contributed by atoms with Crippen LogP contribution >= 0.6 is 11.3 Å². The Morgan fingerprint density at radius 1 is 1.53 bits per heavy atom. The standard InChI is InChI=1S/C12H20N2S/c1-10(11-7-15-9-14-11)13-8-12(2)5-3-4-6-12/h7,9-10,13H,3-6,8H2,1-2H3. The van der Waals surface area contributed by atoms with Gasteiger partial charge in [-0.15, -0.1) is 11.3 Å². The Bertz CT molecular complexity index is 289. The molecule has 1 aliphatic carbocycles. The van der Waals surface area contributed by atoms with Crippen molar-refractivity contribution in [3.05, 3.63) is 16.6 Å². The van der Waals surface area contributed by atoms with Crippen LogP contribution in [0.2, 0.25) is 0 Å². The van der Waals surface area contributed by atoms with Crippen molar-refractivity contribution < 1.29 is 0 Å². The Labute approximate surface area is 96.1 Å². The fraction of sp³-hybridized carbons (Fsp3) is 0.750. The normalized spacial score (nSPS) is 21.7. The molecule has 1 aliphatic rings. The maximum absolute atomic E-state index is 4.34. The molecular formula is C12H20N2S. The second-order valence-electron chi connectivity index (χ2n) is 5.03. The van der Waals surface area contributed by atoms with Crippen LogP contribution in [-0.4, -0.2) is 11.5 Å². The van der Waals surface area contributed by atoms with E-state index in [-0.39, 0.29) is 0 Å². The second kappa shape index (κ2) is 4.62. The molecule has 0 bridgehead atoms. The van der Waals surface area contributed by atoms with Crippen LogP contribution in [0.4, 0.5) is 0 Å². The average molecular weight is 224 g/mol. The third kappa shape index (κ3) is 2.79. The molecule has 0 aromatic carbocycles. The van der Waals surface area contributed by atoms with Gasteiger partial charge in [0.25, 0.3) is 0 Å². The maximum atomic E-state index is 4.34. The van der Waals surface area contributed by atoms with Crippen LogP contribution in [0.25, 0.3) is 0 Å². The SMILES string of the molecule is CC(NCC1(C)CCCC1)c1cscn1. The summed E-state index contributed by atoms with van der Waals surface area (Å²) in [7, 11) is 0. The Kier molecular flexibility index (Phi) is 3.42. The van der Waals surface area contributed by atoms with Gasteiger partial charge in [-0.3, -0.25) is 0 Å². The topological polar surface area (TPSA) is 24.9 Å². The fourth-order valence-corrected chi connectivity index (χ4v) is 2.99. The van der Waals surface area contributed by atoms with Crippen LogP contribution in [0.15, 0.2) is 10.9 Å². The van der Waals surface area contributed by atoms with E-state index in [1.807, 2.05) is 5.51 Å². The lowest BCUT2D eigenvalue weighted by molar-refractivity contribution is 0.301. The number of hydrogen-bond acceptors (Lipinski definition) is 3. The Hall–Kier alpha value is -0.410. The lowest BCUT2D eigenvalue weighted by Gasteiger charge is -2.25. The van der Waals surface area contributed by atoms with Crippen molar-refractivity contribution in [2.24, 2.45) is 5.41 Å². The minimum atomic E-state index is 0.397. The van der Waals surface area contributed by atoms with Crippen molar-refractivity contribution in [2.75, 3.05) is 6.54 Å². The third-order valence-electron chi connectivity index (χ3n) is 3.54. The van der Waals surface area contributed by atoms with Gasteiger partial charge in [-0.1, -0.05) is 19.8 Å². The number of hydrogen-bond donors (Lipinski definition) is 1. The molecule has 1 unspecified atom stereocenters. The molecule has 3 heteroatoms. The molecule has 1 N–H and O–H groups in total. The molecule has 2 nitrogen and oxygen atoms in total. The number of aromatic nitrogens is 1. The van der Waals surface area contributed by atoms with Gasteiger partial charge in [-0.25, -0.2) is 4.98 Å². The van der Waals surface area contributed by atoms with Gasteiger partial charge in [0.15, 0.2) is 0 Å². The Balaban J connectivity index is 1.83. The highest BCUT2D eigenvalue weighted by Gasteiger charge is 2.28. The molecule has 15 heavy (non-hydrogen) atoms. The first kappa shape index (κ1) is 11.1. The molecule has 1 heterocycles. The van der Waals surface area contributed by atoms with E-state index < -0.39 is 0 Å². The third-order valence-corrected chi connectivity index (χ3v) is 4.15. The van der Waals surface area contributed by atoms with Crippen LogP contribution in [0, 0.1) is 5.41 Å². The lowest BCUT2D eigenvalue weighted by Crippen LogP contribution is -2.31. The van der Waals surface area contributed by atoms with Crippen molar-refractivity contribution in [2.45, 2.75) is 45.6 Å². The monoisotopic (exact) mass is 224 g/mol. The molecule has 1 aromatic heterocycles. The smallest absolute Gasteiger partial charge is 0.0795 e. The van der Waals surface area contributed by atoms with Gasteiger partial charge in [0.1, 0.15) is 0 Å². The molecule has 1 fully saturated rings. The predicted molar refractivity (Wildman–Crippen MR) is 65.1 cm³/mol. The van der Waals surface area contributed by atoms with Gasteiger partial charge in [-0.05, 0) is 25.2 Å². The Morgan fingerprint density at radius 2 is 2.27 bits per heavy atom. The summed E-state index contributed by atoms with van der Waals surface area (Å²) >= 11 is 1.67. The zero-order valence-corrected chi connectivity index (χ0v) is 10.4. The van der Waals surface area contributed by atoms with Gasteiger partial charge < -0.3 is 5.32 Å². The van der Waals surface area contributed by atoms with Crippen LogP contribution < -0.4 is 5.32 Å². The van der Waals surface area contributed by atoms with E-state index in [1.165, 1.54) is 31.4 Å². The summed E-state index contributed by atoms with van der Waals surface area (Å²) in [5.74, 6) is 0. The highest BCUT2D eigenvalue weighted by molar-refractivity contribution is 7.07. The van der Waals surface area contributed by atoms with Gasteiger partial charge in [0.05, 0.1) is 11.2 Å². The zero-order chi connectivity index (χ0) is 10.7. The summed E-state index contributed by atoms with van der Waals surface area (Å²) in [6.45, 7) is 5.74. The van der Waals surface area contributed by atoms with Crippen LogP contribution in [-0.2, 0) is 0 Å². The number of nitrogens with zero attached hydrogens (tertiary/aromatic N) is 1. The minimum absolute atomic E-state index is 0.397. The van der Waals surface area contributed by atoms with Gasteiger partial charge in [-0.2, -0.15) is 0 Å². The van der Waals surface area contributed by atoms with E-state index in [0.717, 1.165) is 6.54 Å². The van der Waals surface area contributed by atoms with E-state index >= 15 is 0 Å². The van der Waals surface area contributed by atoms with Crippen LogP contribution in [0.1, 0.15) is 51.3 Å². The highest BCUT2D eigenvalue weighted by Crippen LogP contribution is 2.37. The molecular weight excluding hydrogens is 204 g/mol. The molecule has 1 saturated carbocycles. The molecule has 1 atom stereocenters. The zero-order valence-electron chi connectivity index (χ0n) is 9.62. The molecule has 0 spiro atoms. The summed E-state index contributed by atoms with van der Waals surface area (Å²) in [4.78, 5) is 4.34. The van der Waals surface area contributed by atoms with E-state index in [4.69, 9.17) is 0 Å². The second-order valence-corrected chi connectivity index (χ2v) is 5.75.